The molecule has 1 heterocycles. The number of halogens is 3. The molecule has 184 valence electrons. The molecule has 34 heavy (non-hydrogen) atoms. The molecule has 3 atom stereocenters. The lowest BCUT2D eigenvalue weighted by Crippen LogP contribution is -2.50. The minimum Gasteiger partial charge on any atom is -0.491 e. The molecular weight excluding hydrogens is 467 g/mol. The molecular formula is C25H28F3NO4S. The van der Waals surface area contributed by atoms with Crippen LogP contribution in [0.4, 0.5) is 13.2 Å². The molecule has 0 spiro atoms. The molecule has 5 nitrogen and oxygen atoms in total. The molecule has 2 N–H and O–H groups in total. The fourth-order valence-corrected chi connectivity index (χ4v) is 5.07. The topological polar surface area (TPSA) is 75.6 Å². The van der Waals surface area contributed by atoms with Gasteiger partial charge in [0, 0.05) is 5.92 Å². The van der Waals surface area contributed by atoms with Gasteiger partial charge >= 0.3 is 12.1 Å². The van der Waals surface area contributed by atoms with Gasteiger partial charge in [0.05, 0.1) is 16.4 Å². The molecule has 0 aromatic heterocycles. The molecule has 1 amide bonds. The van der Waals surface area contributed by atoms with Crippen molar-refractivity contribution in [3.8, 4) is 0 Å². The first-order valence-electron chi connectivity index (χ1n) is 10.9. The van der Waals surface area contributed by atoms with Crippen LogP contribution in [0, 0.1) is 11.3 Å². The summed E-state index contributed by atoms with van der Waals surface area (Å²) in [4.78, 5) is 26.1. The fourth-order valence-electron chi connectivity index (χ4n) is 3.81. The van der Waals surface area contributed by atoms with E-state index in [1.807, 2.05) is 19.9 Å². The number of alkyl halides is 3. The highest BCUT2D eigenvalue weighted by Crippen LogP contribution is 2.45. The number of allylic oxidation sites excluding steroid dienone is 3. The van der Waals surface area contributed by atoms with E-state index in [2.05, 4.69) is 11.4 Å². The largest absolute Gasteiger partial charge is 0.491 e. The highest BCUT2D eigenvalue weighted by atomic mass is 32.2. The van der Waals surface area contributed by atoms with Gasteiger partial charge in [-0.2, -0.15) is 13.2 Å². The zero-order chi connectivity index (χ0) is 25.3. The minimum atomic E-state index is -4.43. The number of carboxylic acid groups (broad SMARTS) is 1. The van der Waals surface area contributed by atoms with E-state index in [9.17, 15) is 27.9 Å². The highest BCUT2D eigenvalue weighted by Gasteiger charge is 2.39. The maximum Gasteiger partial charge on any atom is 0.416 e. The number of aliphatic carboxylic acids is 1. The molecule has 1 aromatic carbocycles. The quantitative estimate of drug-likeness (QED) is 0.485. The molecule has 0 bridgehead atoms. The van der Waals surface area contributed by atoms with E-state index in [0.29, 0.717) is 17.7 Å². The van der Waals surface area contributed by atoms with Crippen molar-refractivity contribution in [1.29, 1.82) is 0 Å². The van der Waals surface area contributed by atoms with Crippen LogP contribution in [0.15, 0.2) is 58.7 Å². The van der Waals surface area contributed by atoms with Gasteiger partial charge in [-0.15, -0.1) is 11.8 Å². The Labute approximate surface area is 201 Å². The lowest BCUT2D eigenvalue weighted by molar-refractivity contribution is -0.144. The Morgan fingerprint density at radius 3 is 2.41 bits per heavy atom. The SMILES string of the molecule is CCC(C)(C)[C@H](NC(=O)C1=C(OCc2ccc(C(F)(F)F)cc2)C2SC(C)=CC2C=C1)C(=O)O. The van der Waals surface area contributed by atoms with Gasteiger partial charge in [0.2, 0.25) is 0 Å². The van der Waals surface area contributed by atoms with Crippen molar-refractivity contribution in [2.45, 2.75) is 58.2 Å². The van der Waals surface area contributed by atoms with Gasteiger partial charge in [0.1, 0.15) is 18.4 Å². The Bertz CT molecular complexity index is 1040. The van der Waals surface area contributed by atoms with Crippen LogP contribution < -0.4 is 5.32 Å². The predicted octanol–water partition coefficient (Wildman–Crippen LogP) is 5.69. The number of hydrogen-bond donors (Lipinski definition) is 2. The molecule has 1 aliphatic carbocycles. The van der Waals surface area contributed by atoms with E-state index in [0.717, 1.165) is 17.0 Å². The van der Waals surface area contributed by atoms with Crippen molar-refractivity contribution in [2.75, 3.05) is 0 Å². The smallest absolute Gasteiger partial charge is 0.416 e. The summed E-state index contributed by atoms with van der Waals surface area (Å²) in [5.41, 5.74) is -0.679. The van der Waals surface area contributed by atoms with Gasteiger partial charge in [-0.1, -0.05) is 45.1 Å². The third-order valence-corrected chi connectivity index (χ3v) is 7.52. The van der Waals surface area contributed by atoms with Crippen molar-refractivity contribution in [3.05, 3.63) is 69.9 Å². The zero-order valence-corrected chi connectivity index (χ0v) is 20.2. The summed E-state index contributed by atoms with van der Waals surface area (Å²) in [6.45, 7) is 7.33. The van der Waals surface area contributed by atoms with E-state index in [4.69, 9.17) is 4.74 Å². The van der Waals surface area contributed by atoms with E-state index in [1.165, 1.54) is 23.9 Å². The Hall–Kier alpha value is -2.68. The first-order valence-corrected chi connectivity index (χ1v) is 11.8. The number of thioether (sulfide) groups is 1. The second-order valence-electron chi connectivity index (χ2n) is 9.10. The number of amides is 1. The second kappa shape index (κ2) is 9.90. The zero-order valence-electron chi connectivity index (χ0n) is 19.4. The van der Waals surface area contributed by atoms with Crippen molar-refractivity contribution in [2.24, 2.45) is 11.3 Å². The summed E-state index contributed by atoms with van der Waals surface area (Å²) >= 11 is 1.54. The van der Waals surface area contributed by atoms with E-state index in [1.54, 1.807) is 19.9 Å². The van der Waals surface area contributed by atoms with Crippen LogP contribution in [-0.2, 0) is 27.1 Å². The number of fused-ring (bicyclic) bond motifs is 1. The van der Waals surface area contributed by atoms with Gasteiger partial charge in [-0.3, -0.25) is 4.79 Å². The standard InChI is InChI=1S/C25H28F3NO4S/c1-5-24(3,4)21(23(31)32)29-22(30)18-11-8-16-12-14(2)34-20(16)19(18)33-13-15-6-9-17(10-7-15)25(26,27)28/h6-12,16,20-21H,5,13H2,1-4H3,(H,29,30)(H,31,32)/t16?,20?,21-/m1/s1. The van der Waals surface area contributed by atoms with Crippen LogP contribution in [0.25, 0.3) is 0 Å². The van der Waals surface area contributed by atoms with Crippen LogP contribution in [0.1, 0.15) is 45.2 Å². The van der Waals surface area contributed by atoms with Crippen LogP contribution in [0.2, 0.25) is 0 Å². The summed E-state index contributed by atoms with van der Waals surface area (Å²) in [5, 5.41) is 12.1. The number of benzene rings is 1. The summed E-state index contributed by atoms with van der Waals surface area (Å²) < 4.78 is 44.6. The van der Waals surface area contributed by atoms with Gasteiger partial charge in [0.25, 0.3) is 5.91 Å². The Balaban J connectivity index is 1.87. The number of carboxylic acids is 1. The van der Waals surface area contributed by atoms with Gasteiger partial charge < -0.3 is 15.2 Å². The van der Waals surface area contributed by atoms with Crippen LogP contribution in [0.3, 0.4) is 0 Å². The number of rotatable bonds is 8. The normalized spacial score (nSPS) is 21.1. The highest BCUT2D eigenvalue weighted by molar-refractivity contribution is 8.04. The maximum atomic E-state index is 13.2. The number of nitrogens with one attached hydrogen (secondary N) is 1. The number of carbonyl (C=O) groups is 2. The Kier molecular flexibility index (Phi) is 7.55. The molecule has 0 fully saturated rings. The molecule has 2 unspecified atom stereocenters. The third-order valence-electron chi connectivity index (χ3n) is 6.23. The van der Waals surface area contributed by atoms with E-state index >= 15 is 0 Å². The molecule has 0 radical (unpaired) electrons. The maximum absolute atomic E-state index is 13.2. The third kappa shape index (κ3) is 5.68. The molecule has 1 aromatic rings. The molecule has 2 aliphatic rings. The first kappa shape index (κ1) is 25.9. The summed E-state index contributed by atoms with van der Waals surface area (Å²) in [5.74, 6) is -1.29. The lowest BCUT2D eigenvalue weighted by atomic mass is 9.81. The van der Waals surface area contributed by atoms with Gasteiger partial charge in [-0.25, -0.2) is 4.79 Å². The number of carbonyl (C=O) groups excluding carboxylic acids is 1. The van der Waals surface area contributed by atoms with Crippen LogP contribution in [0.5, 0.6) is 0 Å². The summed E-state index contributed by atoms with van der Waals surface area (Å²) in [6.07, 6.45) is 1.69. The van der Waals surface area contributed by atoms with Crippen LogP contribution in [-0.4, -0.2) is 28.3 Å². The van der Waals surface area contributed by atoms with Crippen molar-refractivity contribution >= 4 is 23.6 Å². The average Bonchev–Trinajstić information content (AvgIpc) is 3.15. The predicted molar refractivity (Wildman–Crippen MR) is 125 cm³/mol. The van der Waals surface area contributed by atoms with Crippen molar-refractivity contribution in [3.63, 3.8) is 0 Å². The van der Waals surface area contributed by atoms with Crippen molar-refractivity contribution in [1.82, 2.24) is 5.32 Å². The summed E-state index contributed by atoms with van der Waals surface area (Å²) in [6, 6.07) is 3.56. The monoisotopic (exact) mass is 495 g/mol. The van der Waals surface area contributed by atoms with E-state index < -0.39 is 35.1 Å². The molecule has 0 saturated carbocycles. The summed E-state index contributed by atoms with van der Waals surface area (Å²) in [7, 11) is 0. The Morgan fingerprint density at radius 1 is 1.21 bits per heavy atom. The van der Waals surface area contributed by atoms with E-state index in [-0.39, 0.29) is 23.3 Å². The lowest BCUT2D eigenvalue weighted by Gasteiger charge is -2.32. The second-order valence-corrected chi connectivity index (χ2v) is 10.5. The van der Waals surface area contributed by atoms with Gasteiger partial charge in [-0.05, 0) is 47.4 Å². The molecule has 1 aliphatic heterocycles. The molecule has 3 rings (SSSR count). The number of ether oxygens (including phenoxy) is 1. The van der Waals surface area contributed by atoms with Crippen molar-refractivity contribution < 1.29 is 32.6 Å². The molecule has 9 heteroatoms. The average molecular weight is 496 g/mol. The minimum absolute atomic E-state index is 0.00603. The Morgan fingerprint density at radius 2 is 1.85 bits per heavy atom. The first-order chi connectivity index (χ1) is 15.8. The van der Waals surface area contributed by atoms with Crippen LogP contribution >= 0.6 is 11.8 Å². The van der Waals surface area contributed by atoms with Gasteiger partial charge in [0.15, 0.2) is 0 Å². The molecule has 0 saturated heterocycles. The fraction of sp³-hybridized carbons (Fsp3) is 0.440. The number of hydrogen-bond acceptors (Lipinski definition) is 4.